The third kappa shape index (κ3) is 4.54. The summed E-state index contributed by atoms with van der Waals surface area (Å²) in [6.45, 7) is 2.05. The van der Waals surface area contributed by atoms with Gasteiger partial charge in [-0.1, -0.05) is 11.8 Å². The maximum absolute atomic E-state index is 12.9. The number of aliphatic imine (C=N–C) groups is 1. The number of methoxy groups -OCH3 is 3. The van der Waals surface area contributed by atoms with Gasteiger partial charge in [-0.2, -0.15) is 0 Å². The number of hydrogen-bond acceptors (Lipinski definition) is 9. The lowest BCUT2D eigenvalue weighted by molar-refractivity contribution is -0.136. The molecule has 0 radical (unpaired) electrons. The smallest absolute Gasteiger partial charge is 0.338 e. The molecule has 1 aromatic heterocycles. The van der Waals surface area contributed by atoms with Crippen molar-refractivity contribution >= 4 is 28.8 Å². The molecule has 0 fully saturated rings. The number of nitrogens with zero attached hydrogens (tertiary/aromatic N) is 2. The molecule has 1 aromatic carbocycles. The van der Waals surface area contributed by atoms with Crippen LogP contribution in [-0.4, -0.2) is 43.3 Å². The van der Waals surface area contributed by atoms with Crippen LogP contribution in [0.1, 0.15) is 30.7 Å². The average molecular weight is 484 g/mol. The highest BCUT2D eigenvalue weighted by atomic mass is 32.2. The predicted molar refractivity (Wildman–Crippen MR) is 127 cm³/mol. The number of thioether (sulfide) groups is 1. The van der Waals surface area contributed by atoms with E-state index in [1.165, 1.54) is 18.9 Å². The first-order valence-electron chi connectivity index (χ1n) is 10.5. The Morgan fingerprint density at radius 2 is 2.03 bits per heavy atom. The largest absolute Gasteiger partial charge is 0.497 e. The Morgan fingerprint density at radius 1 is 1.21 bits per heavy atom. The number of benzene rings is 1. The number of ether oxygens (including phenoxy) is 3. The van der Waals surface area contributed by atoms with Crippen LogP contribution in [0.2, 0.25) is 0 Å². The molecular weight excluding hydrogens is 458 g/mol. The molecule has 0 saturated carbocycles. The SMILES string of the molecule is COC(=O)C1=C(C)N=C2SC=C(CC(=O)NCc3ccco3)N2[C@H]1c1cc(OC)ccc1OC. The summed E-state index contributed by atoms with van der Waals surface area (Å²) in [5.74, 6) is 1.14. The second-order valence-corrected chi connectivity index (χ2v) is 8.36. The van der Waals surface area contributed by atoms with Gasteiger partial charge < -0.3 is 28.8 Å². The van der Waals surface area contributed by atoms with E-state index in [0.717, 1.165) is 0 Å². The van der Waals surface area contributed by atoms with E-state index in [9.17, 15) is 9.59 Å². The van der Waals surface area contributed by atoms with Gasteiger partial charge in [-0.3, -0.25) is 4.79 Å². The summed E-state index contributed by atoms with van der Waals surface area (Å²) in [6, 6.07) is 8.33. The van der Waals surface area contributed by atoms with Gasteiger partial charge in [0.25, 0.3) is 0 Å². The van der Waals surface area contributed by atoms with Gasteiger partial charge in [0.1, 0.15) is 17.3 Å². The minimum Gasteiger partial charge on any atom is -0.497 e. The van der Waals surface area contributed by atoms with Crippen LogP contribution in [0.3, 0.4) is 0 Å². The number of amides is 1. The molecule has 178 valence electrons. The minimum atomic E-state index is -0.621. The van der Waals surface area contributed by atoms with Crippen LogP contribution < -0.4 is 14.8 Å². The Hall–Kier alpha value is -3.66. The normalized spacial score (nSPS) is 17.1. The molecule has 1 atom stereocenters. The molecule has 0 aliphatic carbocycles. The lowest BCUT2D eigenvalue weighted by Crippen LogP contribution is -2.38. The van der Waals surface area contributed by atoms with Crippen LogP contribution in [-0.2, 0) is 20.9 Å². The van der Waals surface area contributed by atoms with E-state index in [2.05, 4.69) is 10.3 Å². The first kappa shape index (κ1) is 23.5. The van der Waals surface area contributed by atoms with Gasteiger partial charge in [0.05, 0.1) is 57.9 Å². The van der Waals surface area contributed by atoms with Crippen molar-refractivity contribution in [2.24, 2.45) is 4.99 Å². The van der Waals surface area contributed by atoms with E-state index in [0.29, 0.717) is 45.0 Å². The van der Waals surface area contributed by atoms with Crippen molar-refractivity contribution in [3.8, 4) is 11.5 Å². The molecule has 0 saturated heterocycles. The average Bonchev–Trinajstić information content (AvgIpc) is 3.51. The number of amidine groups is 1. The third-order valence-corrected chi connectivity index (χ3v) is 6.41. The van der Waals surface area contributed by atoms with Crippen LogP contribution in [0.25, 0.3) is 0 Å². The van der Waals surface area contributed by atoms with Crippen molar-refractivity contribution in [1.29, 1.82) is 0 Å². The van der Waals surface area contributed by atoms with E-state index in [-0.39, 0.29) is 18.9 Å². The second kappa shape index (κ2) is 10.1. The first-order chi connectivity index (χ1) is 16.5. The molecule has 4 rings (SSSR count). The van der Waals surface area contributed by atoms with Gasteiger partial charge in [-0.25, -0.2) is 9.79 Å². The number of allylic oxidation sites excluding steroid dienone is 1. The summed E-state index contributed by atoms with van der Waals surface area (Å²) >= 11 is 1.40. The number of rotatable bonds is 8. The van der Waals surface area contributed by atoms with Crippen LogP contribution >= 0.6 is 11.8 Å². The maximum Gasteiger partial charge on any atom is 0.338 e. The van der Waals surface area contributed by atoms with E-state index >= 15 is 0 Å². The van der Waals surface area contributed by atoms with Crippen molar-refractivity contribution in [3.63, 3.8) is 0 Å². The van der Waals surface area contributed by atoms with Gasteiger partial charge in [-0.15, -0.1) is 0 Å². The molecule has 0 unspecified atom stereocenters. The van der Waals surface area contributed by atoms with Crippen LogP contribution in [0.4, 0.5) is 0 Å². The molecule has 2 aliphatic heterocycles. The number of fused-ring (bicyclic) bond motifs is 1. The number of nitrogens with one attached hydrogen (secondary N) is 1. The summed E-state index contributed by atoms with van der Waals surface area (Å²) in [4.78, 5) is 32.2. The lowest BCUT2D eigenvalue weighted by Gasteiger charge is -2.36. The van der Waals surface area contributed by atoms with E-state index in [4.69, 9.17) is 18.6 Å². The van der Waals surface area contributed by atoms with Crippen molar-refractivity contribution in [2.75, 3.05) is 21.3 Å². The fraction of sp³-hybridized carbons (Fsp3) is 0.292. The minimum absolute atomic E-state index is 0.0863. The monoisotopic (exact) mass is 483 g/mol. The first-order valence-corrected chi connectivity index (χ1v) is 11.4. The summed E-state index contributed by atoms with van der Waals surface area (Å²) < 4.78 is 21.4. The summed E-state index contributed by atoms with van der Waals surface area (Å²) in [6.07, 6.45) is 1.65. The van der Waals surface area contributed by atoms with E-state index in [1.54, 1.807) is 51.7 Å². The van der Waals surface area contributed by atoms with Crippen LogP contribution in [0.15, 0.2) is 68.4 Å². The lowest BCUT2D eigenvalue weighted by atomic mass is 9.93. The Labute approximate surface area is 201 Å². The molecule has 9 nitrogen and oxygen atoms in total. The topological polar surface area (TPSA) is 103 Å². The molecule has 0 spiro atoms. The molecule has 34 heavy (non-hydrogen) atoms. The number of carbonyl (C=O) groups is 2. The molecule has 0 bridgehead atoms. The zero-order chi connectivity index (χ0) is 24.2. The van der Waals surface area contributed by atoms with E-state index < -0.39 is 12.0 Å². The second-order valence-electron chi connectivity index (χ2n) is 7.53. The Balaban J connectivity index is 1.70. The van der Waals surface area contributed by atoms with Gasteiger partial charge in [0.2, 0.25) is 5.91 Å². The standard InChI is InChI=1S/C24H25N3O6S/c1-14-21(23(29)32-4)22(18-11-16(30-2)7-8-19(18)31-3)27-15(13-34-24(27)26-14)10-20(28)25-12-17-6-5-9-33-17/h5-9,11,13,22H,10,12H2,1-4H3,(H,25,28)/t22-/m0/s1. The fourth-order valence-electron chi connectivity index (χ4n) is 3.91. The van der Waals surface area contributed by atoms with Gasteiger partial charge in [-0.05, 0) is 42.7 Å². The van der Waals surface area contributed by atoms with Crippen molar-refractivity contribution in [3.05, 3.63) is 70.3 Å². The molecule has 2 aliphatic rings. The predicted octanol–water partition coefficient (Wildman–Crippen LogP) is 3.75. The Kier molecular flexibility index (Phi) is 6.97. The zero-order valence-electron chi connectivity index (χ0n) is 19.3. The Bertz CT molecular complexity index is 1190. The molecule has 2 aromatic rings. The van der Waals surface area contributed by atoms with E-state index in [1.807, 2.05) is 16.4 Å². The third-order valence-electron chi connectivity index (χ3n) is 5.52. The fourth-order valence-corrected chi connectivity index (χ4v) is 4.88. The highest BCUT2D eigenvalue weighted by Crippen LogP contribution is 2.47. The van der Waals surface area contributed by atoms with Crippen molar-refractivity contribution in [2.45, 2.75) is 25.9 Å². The van der Waals surface area contributed by atoms with Crippen LogP contribution in [0.5, 0.6) is 11.5 Å². The quantitative estimate of drug-likeness (QED) is 0.567. The summed E-state index contributed by atoms with van der Waals surface area (Å²) in [5.41, 5.74) is 2.29. The van der Waals surface area contributed by atoms with Gasteiger partial charge >= 0.3 is 5.97 Å². The number of furan rings is 1. The molecule has 1 amide bonds. The highest BCUT2D eigenvalue weighted by Gasteiger charge is 2.42. The number of carbonyl (C=O) groups excluding carboxylic acids is 2. The summed E-state index contributed by atoms with van der Waals surface area (Å²) in [5, 5.41) is 5.39. The number of esters is 1. The highest BCUT2D eigenvalue weighted by molar-refractivity contribution is 8.16. The van der Waals surface area contributed by atoms with Crippen LogP contribution in [0, 0.1) is 0 Å². The maximum atomic E-state index is 12.9. The van der Waals surface area contributed by atoms with Gasteiger partial charge in [0.15, 0.2) is 5.17 Å². The molecular formula is C24H25N3O6S. The van der Waals surface area contributed by atoms with Gasteiger partial charge in [0, 0.05) is 11.3 Å². The molecule has 3 heterocycles. The summed E-state index contributed by atoms with van der Waals surface area (Å²) in [7, 11) is 4.47. The van der Waals surface area contributed by atoms with Crippen molar-refractivity contribution < 1.29 is 28.2 Å². The molecule has 10 heteroatoms. The zero-order valence-corrected chi connectivity index (χ0v) is 20.1. The molecule has 1 N–H and O–H groups in total. The Morgan fingerprint density at radius 3 is 2.71 bits per heavy atom. The van der Waals surface area contributed by atoms with Crippen molar-refractivity contribution in [1.82, 2.24) is 10.2 Å². The number of hydrogen-bond donors (Lipinski definition) is 1.